The second-order valence-corrected chi connectivity index (χ2v) is 8.95. The van der Waals surface area contributed by atoms with Crippen molar-refractivity contribution in [1.82, 2.24) is 9.62 Å². The van der Waals surface area contributed by atoms with E-state index in [1.54, 1.807) is 13.8 Å². The van der Waals surface area contributed by atoms with Gasteiger partial charge in [-0.1, -0.05) is 43.1 Å². The van der Waals surface area contributed by atoms with Crippen molar-refractivity contribution >= 4 is 27.5 Å². The molecule has 0 bridgehead atoms. The van der Waals surface area contributed by atoms with Gasteiger partial charge in [-0.3, -0.25) is 4.79 Å². The van der Waals surface area contributed by atoms with E-state index in [9.17, 15) is 13.2 Å². The number of hydrogen-bond donors (Lipinski definition) is 1. The van der Waals surface area contributed by atoms with Crippen molar-refractivity contribution in [1.29, 1.82) is 0 Å². The van der Waals surface area contributed by atoms with Crippen LogP contribution in [0.25, 0.3) is 0 Å². The summed E-state index contributed by atoms with van der Waals surface area (Å²) in [5, 5.41) is 2.91. The second-order valence-electron chi connectivity index (χ2n) is 6.60. The summed E-state index contributed by atoms with van der Waals surface area (Å²) in [4.78, 5) is 12.6. The largest absolute Gasteiger partial charge is 0.491 e. The molecule has 29 heavy (non-hydrogen) atoms. The van der Waals surface area contributed by atoms with Crippen molar-refractivity contribution in [3.05, 3.63) is 58.1 Å². The summed E-state index contributed by atoms with van der Waals surface area (Å²) in [6.45, 7) is 8.73. The van der Waals surface area contributed by atoms with Crippen LogP contribution in [0.3, 0.4) is 0 Å². The van der Waals surface area contributed by atoms with Crippen LogP contribution in [0, 0.1) is 13.8 Å². The first kappa shape index (κ1) is 23.2. The normalized spacial score (nSPS) is 11.5. The topological polar surface area (TPSA) is 75.7 Å². The zero-order chi connectivity index (χ0) is 21.6. The van der Waals surface area contributed by atoms with Crippen molar-refractivity contribution in [2.75, 3.05) is 26.2 Å². The molecule has 1 N–H and O–H groups in total. The summed E-state index contributed by atoms with van der Waals surface area (Å²) in [5.74, 6) is 0.311. The Hall–Kier alpha value is -2.09. The number of ether oxygens (including phenoxy) is 1. The number of rotatable bonds is 9. The fourth-order valence-corrected chi connectivity index (χ4v) is 4.62. The number of carbonyl (C=O) groups excluding carboxylic acids is 1. The van der Waals surface area contributed by atoms with Crippen molar-refractivity contribution < 1.29 is 17.9 Å². The maximum absolute atomic E-state index is 12.7. The number of nitrogens with one attached hydrogen (secondary N) is 1. The maximum Gasteiger partial charge on any atom is 0.252 e. The molecule has 0 aliphatic heterocycles. The van der Waals surface area contributed by atoms with Gasteiger partial charge in [-0.2, -0.15) is 4.31 Å². The first-order valence-electron chi connectivity index (χ1n) is 9.48. The number of amides is 1. The summed E-state index contributed by atoms with van der Waals surface area (Å²) in [6, 6.07) is 10.0. The highest BCUT2D eigenvalue weighted by molar-refractivity contribution is 7.89. The van der Waals surface area contributed by atoms with E-state index >= 15 is 0 Å². The minimum Gasteiger partial charge on any atom is -0.491 e. The lowest BCUT2D eigenvalue weighted by Crippen LogP contribution is -2.31. The molecule has 0 aliphatic carbocycles. The molecular formula is C21H27ClN2O4S. The highest BCUT2D eigenvalue weighted by atomic mass is 35.5. The van der Waals surface area contributed by atoms with Gasteiger partial charge in [0.2, 0.25) is 10.0 Å². The number of nitrogens with zero attached hydrogens (tertiary/aromatic N) is 1. The van der Waals surface area contributed by atoms with Crippen molar-refractivity contribution in [2.24, 2.45) is 0 Å². The molecule has 6 nitrogen and oxygen atoms in total. The summed E-state index contributed by atoms with van der Waals surface area (Å²) in [6.07, 6.45) is 0. The molecule has 8 heteroatoms. The van der Waals surface area contributed by atoms with E-state index in [4.69, 9.17) is 16.3 Å². The molecule has 1 amide bonds. The van der Waals surface area contributed by atoms with Crippen molar-refractivity contribution in [3.8, 4) is 5.75 Å². The first-order valence-corrected chi connectivity index (χ1v) is 11.3. The molecule has 0 unspecified atom stereocenters. The highest BCUT2D eigenvalue weighted by Crippen LogP contribution is 2.23. The van der Waals surface area contributed by atoms with Crippen LogP contribution in [0.15, 0.2) is 41.3 Å². The molecule has 0 radical (unpaired) electrons. The maximum atomic E-state index is 12.7. The molecule has 2 aromatic rings. The van der Waals surface area contributed by atoms with Gasteiger partial charge in [0, 0.05) is 13.1 Å². The number of benzene rings is 2. The molecule has 2 rings (SSSR count). The van der Waals surface area contributed by atoms with Gasteiger partial charge >= 0.3 is 0 Å². The van der Waals surface area contributed by atoms with Crippen LogP contribution in [0.4, 0.5) is 0 Å². The van der Waals surface area contributed by atoms with Crippen LogP contribution in [0.1, 0.15) is 35.3 Å². The summed E-state index contributed by atoms with van der Waals surface area (Å²) < 4.78 is 32.4. The minimum absolute atomic E-state index is 0.0438. The lowest BCUT2D eigenvalue weighted by atomic mass is 10.1. The van der Waals surface area contributed by atoms with E-state index in [-0.39, 0.29) is 28.6 Å². The van der Waals surface area contributed by atoms with Crippen LogP contribution in [-0.2, 0) is 10.0 Å². The fraction of sp³-hybridized carbons (Fsp3) is 0.381. The number of sulfonamides is 1. The van der Waals surface area contributed by atoms with Gasteiger partial charge in [0.1, 0.15) is 12.4 Å². The average molecular weight is 439 g/mol. The molecule has 2 aromatic carbocycles. The van der Waals surface area contributed by atoms with Crippen LogP contribution >= 0.6 is 11.6 Å². The SMILES string of the molecule is CCN(CC)S(=O)(=O)c1ccc(Cl)c(C(=O)NCCOc2ccc(C)cc2C)c1. The Bertz CT molecular complexity index is 973. The molecule has 0 saturated carbocycles. The summed E-state index contributed by atoms with van der Waals surface area (Å²) in [7, 11) is -3.67. The Kier molecular flexibility index (Phi) is 8.07. The van der Waals surface area contributed by atoms with Crippen LogP contribution in [0.2, 0.25) is 5.02 Å². The standard InChI is InChI=1S/C21H27ClN2O4S/c1-5-24(6-2)29(26,27)17-8-9-19(22)18(14-17)21(25)23-11-12-28-20-10-7-15(3)13-16(20)4/h7-10,13-14H,5-6,11-12H2,1-4H3,(H,23,25). The Balaban J connectivity index is 2.05. The van der Waals surface area contributed by atoms with E-state index in [0.29, 0.717) is 13.1 Å². The quantitative estimate of drug-likeness (QED) is 0.604. The van der Waals surface area contributed by atoms with E-state index in [2.05, 4.69) is 5.32 Å². The van der Waals surface area contributed by atoms with Crippen LogP contribution in [-0.4, -0.2) is 44.9 Å². The van der Waals surface area contributed by atoms with Gasteiger partial charge in [0.15, 0.2) is 0 Å². The molecule has 0 aromatic heterocycles. The molecule has 0 heterocycles. The Morgan fingerprint density at radius 2 is 1.79 bits per heavy atom. The van der Waals surface area contributed by atoms with Crippen LogP contribution < -0.4 is 10.1 Å². The van der Waals surface area contributed by atoms with Gasteiger partial charge in [0.25, 0.3) is 5.91 Å². The molecular weight excluding hydrogens is 412 g/mol. The third kappa shape index (κ3) is 5.72. The van der Waals surface area contributed by atoms with Gasteiger partial charge in [0.05, 0.1) is 22.0 Å². The molecule has 0 aliphatic rings. The van der Waals surface area contributed by atoms with E-state index in [1.807, 2.05) is 32.0 Å². The third-order valence-electron chi connectivity index (χ3n) is 4.50. The molecule has 0 spiro atoms. The monoisotopic (exact) mass is 438 g/mol. The van der Waals surface area contributed by atoms with E-state index in [1.165, 1.54) is 22.5 Å². The molecule has 0 fully saturated rings. The van der Waals surface area contributed by atoms with Crippen molar-refractivity contribution in [2.45, 2.75) is 32.6 Å². The zero-order valence-corrected chi connectivity index (χ0v) is 18.7. The summed E-state index contributed by atoms with van der Waals surface area (Å²) >= 11 is 6.13. The fourth-order valence-electron chi connectivity index (χ4n) is 2.93. The molecule has 0 saturated heterocycles. The zero-order valence-electron chi connectivity index (χ0n) is 17.2. The van der Waals surface area contributed by atoms with Crippen molar-refractivity contribution in [3.63, 3.8) is 0 Å². The van der Waals surface area contributed by atoms with Gasteiger partial charge in [-0.05, 0) is 43.7 Å². The third-order valence-corrected chi connectivity index (χ3v) is 6.88. The predicted octanol–water partition coefficient (Wildman–Crippen LogP) is 3.80. The lowest BCUT2D eigenvalue weighted by Gasteiger charge is -2.19. The van der Waals surface area contributed by atoms with E-state index < -0.39 is 15.9 Å². The number of aryl methyl sites for hydroxylation is 2. The summed E-state index contributed by atoms with van der Waals surface area (Å²) in [5.41, 5.74) is 2.29. The van der Waals surface area contributed by atoms with Gasteiger partial charge in [-0.15, -0.1) is 0 Å². The van der Waals surface area contributed by atoms with Gasteiger partial charge < -0.3 is 10.1 Å². The Labute approximate surface area is 177 Å². The molecule has 0 atom stereocenters. The average Bonchev–Trinajstić information content (AvgIpc) is 2.67. The Morgan fingerprint density at radius 1 is 1.10 bits per heavy atom. The molecule has 158 valence electrons. The number of hydrogen-bond acceptors (Lipinski definition) is 4. The van der Waals surface area contributed by atoms with E-state index in [0.717, 1.165) is 16.9 Å². The Morgan fingerprint density at radius 3 is 2.41 bits per heavy atom. The van der Waals surface area contributed by atoms with Crippen LogP contribution in [0.5, 0.6) is 5.75 Å². The predicted molar refractivity (Wildman–Crippen MR) is 115 cm³/mol. The van der Waals surface area contributed by atoms with Gasteiger partial charge in [-0.25, -0.2) is 8.42 Å². The lowest BCUT2D eigenvalue weighted by molar-refractivity contribution is 0.0947. The number of halogens is 1. The highest BCUT2D eigenvalue weighted by Gasteiger charge is 2.23. The number of carbonyl (C=O) groups is 1. The minimum atomic E-state index is -3.67. The second kappa shape index (κ2) is 10.1. The smallest absolute Gasteiger partial charge is 0.252 e. The first-order chi connectivity index (χ1) is 13.7.